The lowest BCUT2D eigenvalue weighted by Crippen LogP contribution is -2.33. The highest BCUT2D eigenvalue weighted by Gasteiger charge is 2.24. The van der Waals surface area contributed by atoms with Gasteiger partial charge in [0, 0.05) is 20.1 Å². The third kappa shape index (κ3) is 4.14. The Morgan fingerprint density at radius 1 is 1.26 bits per heavy atom. The molecule has 0 bridgehead atoms. The van der Waals surface area contributed by atoms with E-state index in [0.717, 1.165) is 24.1 Å². The minimum absolute atomic E-state index is 0.0537. The summed E-state index contributed by atoms with van der Waals surface area (Å²) in [7, 11) is 1.78. The van der Waals surface area contributed by atoms with Crippen molar-refractivity contribution in [1.29, 1.82) is 0 Å². The van der Waals surface area contributed by atoms with Gasteiger partial charge in [0.1, 0.15) is 5.69 Å². The molecule has 5 heteroatoms. The summed E-state index contributed by atoms with van der Waals surface area (Å²) in [6, 6.07) is 10.0. The van der Waals surface area contributed by atoms with Crippen LogP contribution >= 0.6 is 11.6 Å². The Morgan fingerprint density at radius 3 is 2.52 bits per heavy atom. The first-order valence-corrected chi connectivity index (χ1v) is 8.50. The molecule has 0 aliphatic carbocycles. The molecule has 0 aliphatic rings. The predicted octanol–water partition coefficient (Wildman–Crippen LogP) is 4.08. The number of hydrogen-bond donors (Lipinski definition) is 0. The Hall–Kier alpha value is -1.81. The van der Waals surface area contributed by atoms with Gasteiger partial charge in [-0.05, 0) is 18.4 Å². The summed E-state index contributed by atoms with van der Waals surface area (Å²) in [5.41, 5.74) is 2.37. The summed E-state index contributed by atoms with van der Waals surface area (Å²) in [6.45, 7) is 5.41. The molecule has 0 atom stereocenters. The molecule has 0 unspecified atom stereocenters. The van der Waals surface area contributed by atoms with Crippen LogP contribution in [-0.4, -0.2) is 27.1 Å². The van der Waals surface area contributed by atoms with Crippen LogP contribution in [0.2, 0.25) is 5.02 Å². The summed E-state index contributed by atoms with van der Waals surface area (Å²) >= 11 is 6.37. The topological polar surface area (TPSA) is 38.1 Å². The Balaban J connectivity index is 2.28. The van der Waals surface area contributed by atoms with E-state index >= 15 is 0 Å². The zero-order valence-electron chi connectivity index (χ0n) is 14.1. The molecule has 1 heterocycles. The molecule has 0 fully saturated rings. The number of nitrogens with zero attached hydrogens (tertiary/aromatic N) is 3. The van der Waals surface area contributed by atoms with Gasteiger partial charge in [-0.15, -0.1) is 0 Å². The highest BCUT2D eigenvalue weighted by Crippen LogP contribution is 2.23. The molecule has 0 aliphatic heterocycles. The van der Waals surface area contributed by atoms with Crippen molar-refractivity contribution >= 4 is 17.5 Å². The first kappa shape index (κ1) is 17.5. The zero-order chi connectivity index (χ0) is 16.8. The van der Waals surface area contributed by atoms with Gasteiger partial charge < -0.3 is 4.90 Å². The van der Waals surface area contributed by atoms with Crippen molar-refractivity contribution in [3.8, 4) is 0 Å². The van der Waals surface area contributed by atoms with Crippen LogP contribution in [0.15, 0.2) is 30.3 Å². The number of carbonyl (C=O) groups is 1. The smallest absolute Gasteiger partial charge is 0.273 e. The van der Waals surface area contributed by atoms with Crippen molar-refractivity contribution in [2.75, 3.05) is 6.54 Å². The van der Waals surface area contributed by atoms with Crippen LogP contribution in [0.25, 0.3) is 0 Å². The quantitative estimate of drug-likeness (QED) is 0.765. The molecule has 0 N–H and O–H groups in total. The van der Waals surface area contributed by atoms with Gasteiger partial charge in [0.2, 0.25) is 0 Å². The molecule has 4 nitrogen and oxygen atoms in total. The second-order valence-electron chi connectivity index (χ2n) is 5.65. The van der Waals surface area contributed by atoms with E-state index in [1.54, 1.807) is 11.7 Å². The number of halogens is 1. The molecule has 0 saturated carbocycles. The summed E-state index contributed by atoms with van der Waals surface area (Å²) in [4.78, 5) is 14.9. The average molecular weight is 334 g/mol. The molecule has 23 heavy (non-hydrogen) atoms. The highest BCUT2D eigenvalue weighted by atomic mass is 35.5. The fourth-order valence-corrected chi connectivity index (χ4v) is 2.94. The van der Waals surface area contributed by atoms with Gasteiger partial charge in [-0.2, -0.15) is 5.10 Å². The number of amides is 1. The number of unbranched alkanes of at least 4 members (excludes halogenated alkanes) is 1. The zero-order valence-corrected chi connectivity index (χ0v) is 14.8. The van der Waals surface area contributed by atoms with Crippen molar-refractivity contribution in [3.05, 3.63) is 52.3 Å². The molecular weight excluding hydrogens is 310 g/mol. The number of aromatic nitrogens is 2. The molecule has 0 saturated heterocycles. The molecular formula is C18H24ClN3O. The molecule has 1 amide bonds. The van der Waals surface area contributed by atoms with Crippen LogP contribution in [0.3, 0.4) is 0 Å². The van der Waals surface area contributed by atoms with E-state index in [4.69, 9.17) is 11.6 Å². The van der Waals surface area contributed by atoms with Gasteiger partial charge in [-0.3, -0.25) is 9.48 Å². The van der Waals surface area contributed by atoms with Crippen LogP contribution in [0.1, 0.15) is 48.4 Å². The Morgan fingerprint density at radius 2 is 1.96 bits per heavy atom. The number of carbonyl (C=O) groups excluding carboxylic acids is 1. The first-order chi connectivity index (χ1) is 11.1. The normalized spacial score (nSPS) is 10.8. The highest BCUT2D eigenvalue weighted by molar-refractivity contribution is 6.34. The van der Waals surface area contributed by atoms with E-state index < -0.39 is 0 Å². The minimum atomic E-state index is -0.0537. The molecule has 1 aromatic heterocycles. The third-order valence-corrected chi connectivity index (χ3v) is 4.28. The molecule has 0 radical (unpaired) electrons. The molecule has 1 aromatic carbocycles. The summed E-state index contributed by atoms with van der Waals surface area (Å²) in [5.74, 6) is -0.0537. The van der Waals surface area contributed by atoms with E-state index in [1.807, 2.05) is 42.2 Å². The van der Waals surface area contributed by atoms with Crippen LogP contribution < -0.4 is 0 Å². The van der Waals surface area contributed by atoms with Crippen molar-refractivity contribution in [2.24, 2.45) is 7.05 Å². The predicted molar refractivity (Wildman–Crippen MR) is 93.7 cm³/mol. The number of rotatable bonds is 7. The van der Waals surface area contributed by atoms with E-state index in [-0.39, 0.29) is 5.91 Å². The maximum atomic E-state index is 13.0. The lowest BCUT2D eigenvalue weighted by molar-refractivity contribution is 0.0730. The SMILES string of the molecule is CCCCN(Cc1ccccc1)C(=O)c1c(Cl)c(CC)nn1C. The van der Waals surface area contributed by atoms with Crippen LogP contribution in [0.5, 0.6) is 0 Å². The van der Waals surface area contributed by atoms with E-state index in [0.29, 0.717) is 30.2 Å². The lowest BCUT2D eigenvalue weighted by Gasteiger charge is -2.23. The minimum Gasteiger partial charge on any atom is -0.333 e. The van der Waals surface area contributed by atoms with E-state index in [1.165, 1.54) is 0 Å². The number of benzene rings is 1. The van der Waals surface area contributed by atoms with Crippen molar-refractivity contribution in [2.45, 2.75) is 39.7 Å². The van der Waals surface area contributed by atoms with Crippen molar-refractivity contribution < 1.29 is 4.79 Å². The van der Waals surface area contributed by atoms with E-state index in [2.05, 4.69) is 12.0 Å². The van der Waals surface area contributed by atoms with Crippen LogP contribution in [0, 0.1) is 0 Å². The largest absolute Gasteiger partial charge is 0.333 e. The maximum absolute atomic E-state index is 13.0. The Kier molecular flexibility index (Phi) is 6.22. The van der Waals surface area contributed by atoms with Crippen molar-refractivity contribution in [3.63, 3.8) is 0 Å². The fourth-order valence-electron chi connectivity index (χ4n) is 2.57. The first-order valence-electron chi connectivity index (χ1n) is 8.13. The standard InChI is InChI=1S/C18H24ClN3O/c1-4-6-12-22(13-14-10-8-7-9-11-14)18(23)17-16(19)15(5-2)20-21(17)3/h7-11H,4-6,12-13H2,1-3H3. The van der Waals surface area contributed by atoms with Crippen molar-refractivity contribution in [1.82, 2.24) is 14.7 Å². The Labute approximate surface area is 143 Å². The maximum Gasteiger partial charge on any atom is 0.273 e. The summed E-state index contributed by atoms with van der Waals surface area (Å²) < 4.78 is 1.60. The summed E-state index contributed by atoms with van der Waals surface area (Å²) in [6.07, 6.45) is 2.72. The monoisotopic (exact) mass is 333 g/mol. The second kappa shape index (κ2) is 8.16. The van der Waals surface area contributed by atoms with Gasteiger partial charge in [0.25, 0.3) is 5.91 Å². The van der Waals surface area contributed by atoms with Gasteiger partial charge >= 0.3 is 0 Å². The number of hydrogen-bond acceptors (Lipinski definition) is 2. The number of aryl methyl sites for hydroxylation is 2. The van der Waals surface area contributed by atoms with Gasteiger partial charge in [0.05, 0.1) is 10.7 Å². The fraction of sp³-hybridized carbons (Fsp3) is 0.444. The molecule has 2 aromatic rings. The second-order valence-corrected chi connectivity index (χ2v) is 6.03. The van der Waals surface area contributed by atoms with Gasteiger partial charge in [-0.25, -0.2) is 0 Å². The lowest BCUT2D eigenvalue weighted by atomic mass is 10.2. The van der Waals surface area contributed by atoms with Gasteiger partial charge in [-0.1, -0.05) is 62.2 Å². The van der Waals surface area contributed by atoms with E-state index in [9.17, 15) is 4.79 Å². The van der Waals surface area contributed by atoms with Crippen LogP contribution in [0.4, 0.5) is 0 Å². The Bertz CT molecular complexity index is 652. The third-order valence-electron chi connectivity index (χ3n) is 3.88. The average Bonchev–Trinajstić information content (AvgIpc) is 2.85. The van der Waals surface area contributed by atoms with Gasteiger partial charge in [0.15, 0.2) is 0 Å². The molecule has 0 spiro atoms. The summed E-state index contributed by atoms with van der Waals surface area (Å²) in [5, 5.41) is 4.84. The van der Waals surface area contributed by atoms with Crippen LogP contribution in [-0.2, 0) is 20.0 Å². The molecule has 124 valence electrons. The molecule has 2 rings (SSSR count).